The van der Waals surface area contributed by atoms with E-state index in [-0.39, 0.29) is 6.10 Å². The van der Waals surface area contributed by atoms with Gasteiger partial charge in [-0.15, -0.1) is 0 Å². The molecule has 4 heteroatoms. The van der Waals surface area contributed by atoms with Crippen molar-refractivity contribution in [1.82, 2.24) is 5.32 Å². The maximum absolute atomic E-state index is 6.02. The zero-order chi connectivity index (χ0) is 15.2. The number of hydrogen-bond acceptors (Lipinski definition) is 3. The highest BCUT2D eigenvalue weighted by Crippen LogP contribution is 2.24. The lowest BCUT2D eigenvalue weighted by atomic mass is 10.2. The monoisotopic (exact) mass is 355 g/mol. The molecule has 0 saturated carbocycles. The summed E-state index contributed by atoms with van der Waals surface area (Å²) in [5.74, 6) is 1.60. The third-order valence-corrected chi connectivity index (χ3v) is 4.58. The summed E-state index contributed by atoms with van der Waals surface area (Å²) >= 11 is 3.50. The summed E-state index contributed by atoms with van der Waals surface area (Å²) in [4.78, 5) is 0. The number of halogens is 1. The summed E-state index contributed by atoms with van der Waals surface area (Å²) < 4.78 is 13.0. The largest absolute Gasteiger partial charge is 0.491 e. The molecule has 1 aromatic carbocycles. The van der Waals surface area contributed by atoms with Gasteiger partial charge in [-0.1, -0.05) is 29.8 Å². The Hall–Kier alpha value is -0.580. The van der Waals surface area contributed by atoms with Crippen LogP contribution in [0.3, 0.4) is 0 Å². The average molecular weight is 356 g/mol. The Labute approximate surface area is 136 Å². The summed E-state index contributed by atoms with van der Waals surface area (Å²) in [6.45, 7) is 9.16. The molecule has 118 valence electrons. The maximum Gasteiger partial charge on any atom is 0.119 e. The van der Waals surface area contributed by atoms with E-state index in [1.165, 1.54) is 5.56 Å². The zero-order valence-electron chi connectivity index (χ0n) is 13.2. The molecule has 1 saturated heterocycles. The molecule has 21 heavy (non-hydrogen) atoms. The van der Waals surface area contributed by atoms with Gasteiger partial charge in [-0.2, -0.15) is 0 Å². The smallest absolute Gasteiger partial charge is 0.119 e. The molecule has 1 aromatic rings. The predicted molar refractivity (Wildman–Crippen MR) is 90.0 cm³/mol. The van der Waals surface area contributed by atoms with E-state index in [1.807, 2.05) is 12.1 Å². The molecule has 2 unspecified atom stereocenters. The van der Waals surface area contributed by atoms with Crippen molar-refractivity contribution in [2.75, 3.05) is 19.7 Å². The van der Waals surface area contributed by atoms with Gasteiger partial charge in [0.1, 0.15) is 12.4 Å². The fraction of sp³-hybridized carbons (Fsp3) is 0.647. The quantitative estimate of drug-likeness (QED) is 0.803. The topological polar surface area (TPSA) is 30.5 Å². The summed E-state index contributed by atoms with van der Waals surface area (Å²) in [7, 11) is 0. The van der Waals surface area contributed by atoms with Gasteiger partial charge in [0.15, 0.2) is 0 Å². The van der Waals surface area contributed by atoms with Gasteiger partial charge in [0.2, 0.25) is 0 Å². The Morgan fingerprint density at radius 1 is 1.33 bits per heavy atom. The third kappa shape index (κ3) is 5.61. The van der Waals surface area contributed by atoms with Gasteiger partial charge >= 0.3 is 0 Å². The van der Waals surface area contributed by atoms with Gasteiger partial charge in [0.05, 0.1) is 12.2 Å². The van der Waals surface area contributed by atoms with Crippen LogP contribution in [-0.2, 0) is 4.74 Å². The van der Waals surface area contributed by atoms with Crippen LogP contribution in [0.4, 0.5) is 0 Å². The molecule has 3 nitrogen and oxygen atoms in total. The number of rotatable bonds is 7. The molecule has 0 aromatic heterocycles. The first-order chi connectivity index (χ1) is 10.0. The molecular weight excluding hydrogens is 330 g/mol. The summed E-state index contributed by atoms with van der Waals surface area (Å²) in [6.07, 6.45) is 2.77. The second kappa shape index (κ2) is 8.16. The Morgan fingerprint density at radius 2 is 2.10 bits per heavy atom. The van der Waals surface area contributed by atoms with Crippen molar-refractivity contribution in [3.8, 4) is 5.75 Å². The van der Waals surface area contributed by atoms with Crippen molar-refractivity contribution in [3.63, 3.8) is 0 Å². The fourth-order valence-corrected chi connectivity index (χ4v) is 2.73. The van der Waals surface area contributed by atoms with E-state index in [2.05, 4.69) is 48.1 Å². The summed E-state index contributed by atoms with van der Waals surface area (Å²) in [6, 6.07) is 6.08. The van der Waals surface area contributed by atoms with Crippen LogP contribution >= 0.6 is 15.9 Å². The van der Waals surface area contributed by atoms with Gasteiger partial charge in [-0.05, 0) is 56.0 Å². The van der Waals surface area contributed by atoms with E-state index in [0.29, 0.717) is 18.6 Å². The van der Waals surface area contributed by atoms with Crippen LogP contribution < -0.4 is 10.1 Å². The molecule has 0 aliphatic carbocycles. The third-order valence-electron chi connectivity index (χ3n) is 3.69. The van der Waals surface area contributed by atoms with Crippen LogP contribution in [0.15, 0.2) is 22.7 Å². The number of hydrogen-bond donors (Lipinski definition) is 1. The highest BCUT2D eigenvalue weighted by Gasteiger charge is 2.25. The Kier molecular flexibility index (Phi) is 6.52. The predicted octanol–water partition coefficient (Wildman–Crippen LogP) is 3.93. The van der Waals surface area contributed by atoms with E-state index in [4.69, 9.17) is 9.47 Å². The first kappa shape index (κ1) is 16.8. The van der Waals surface area contributed by atoms with Crippen LogP contribution in [0.25, 0.3) is 0 Å². The minimum absolute atomic E-state index is 0.222. The highest BCUT2D eigenvalue weighted by molar-refractivity contribution is 9.10. The second-order valence-corrected chi connectivity index (χ2v) is 7.09. The molecule has 0 bridgehead atoms. The number of aryl methyl sites for hydroxylation is 1. The molecule has 2 rings (SSSR count). The highest BCUT2D eigenvalue weighted by atomic mass is 79.9. The van der Waals surface area contributed by atoms with Crippen molar-refractivity contribution < 1.29 is 9.47 Å². The molecule has 1 fully saturated rings. The Balaban J connectivity index is 1.69. The lowest BCUT2D eigenvalue weighted by molar-refractivity contribution is 0.0184. The molecule has 1 heterocycles. The van der Waals surface area contributed by atoms with Crippen LogP contribution in [0.1, 0.15) is 32.3 Å². The van der Waals surface area contributed by atoms with Crippen LogP contribution in [0.2, 0.25) is 0 Å². The van der Waals surface area contributed by atoms with Crippen molar-refractivity contribution in [3.05, 3.63) is 28.2 Å². The van der Waals surface area contributed by atoms with E-state index in [9.17, 15) is 0 Å². The molecule has 2 atom stereocenters. The lowest BCUT2D eigenvalue weighted by Crippen LogP contribution is -2.30. The Bertz CT molecular complexity index is 450. The Morgan fingerprint density at radius 3 is 2.81 bits per heavy atom. The van der Waals surface area contributed by atoms with Crippen molar-refractivity contribution in [1.29, 1.82) is 0 Å². The summed E-state index contributed by atoms with van der Waals surface area (Å²) in [5, 5.41) is 3.46. The van der Waals surface area contributed by atoms with Gasteiger partial charge in [-0.25, -0.2) is 0 Å². The molecular formula is C17H26BrNO2. The van der Waals surface area contributed by atoms with Gasteiger partial charge in [0.25, 0.3) is 0 Å². The normalized spacial score (nSPS) is 22.0. The first-order valence-electron chi connectivity index (χ1n) is 7.79. The van der Waals surface area contributed by atoms with E-state index < -0.39 is 0 Å². The SMILES string of the molecule is Cc1cc(OCC2CCC(CNCC(C)C)O2)ccc1Br. The van der Waals surface area contributed by atoms with Gasteiger partial charge < -0.3 is 14.8 Å². The maximum atomic E-state index is 6.02. The van der Waals surface area contributed by atoms with Crippen LogP contribution in [-0.4, -0.2) is 31.9 Å². The standard InChI is InChI=1S/C17H26BrNO2/c1-12(2)9-19-10-15-4-5-16(21-15)11-20-14-6-7-17(18)13(3)8-14/h6-8,12,15-16,19H,4-5,9-11H2,1-3H3. The van der Waals surface area contributed by atoms with Crippen LogP contribution in [0, 0.1) is 12.8 Å². The molecule has 1 aliphatic rings. The molecule has 0 spiro atoms. The lowest BCUT2D eigenvalue weighted by Gasteiger charge is -2.16. The average Bonchev–Trinajstić information content (AvgIpc) is 2.88. The molecule has 0 amide bonds. The fourth-order valence-electron chi connectivity index (χ4n) is 2.48. The van der Waals surface area contributed by atoms with E-state index in [0.717, 1.165) is 36.2 Å². The number of ether oxygens (including phenoxy) is 2. The molecule has 0 radical (unpaired) electrons. The number of nitrogens with one attached hydrogen (secondary N) is 1. The van der Waals surface area contributed by atoms with Gasteiger partial charge in [0, 0.05) is 11.0 Å². The zero-order valence-corrected chi connectivity index (χ0v) is 14.8. The van der Waals surface area contributed by atoms with Crippen molar-refractivity contribution in [2.24, 2.45) is 5.92 Å². The molecule has 1 N–H and O–H groups in total. The molecule has 1 aliphatic heterocycles. The summed E-state index contributed by atoms with van der Waals surface area (Å²) in [5.41, 5.74) is 1.19. The second-order valence-electron chi connectivity index (χ2n) is 6.23. The van der Waals surface area contributed by atoms with Crippen molar-refractivity contribution in [2.45, 2.75) is 45.8 Å². The van der Waals surface area contributed by atoms with Crippen molar-refractivity contribution >= 4 is 15.9 Å². The van der Waals surface area contributed by atoms with Crippen LogP contribution in [0.5, 0.6) is 5.75 Å². The van der Waals surface area contributed by atoms with E-state index in [1.54, 1.807) is 0 Å². The minimum atomic E-state index is 0.222. The number of benzene rings is 1. The first-order valence-corrected chi connectivity index (χ1v) is 8.59. The minimum Gasteiger partial charge on any atom is -0.491 e. The van der Waals surface area contributed by atoms with Gasteiger partial charge in [-0.3, -0.25) is 0 Å². The van der Waals surface area contributed by atoms with E-state index >= 15 is 0 Å².